The Morgan fingerprint density at radius 1 is 0.288 bits per heavy atom. The van der Waals surface area contributed by atoms with E-state index in [2.05, 4.69) is 93.7 Å². The third-order valence-corrected chi connectivity index (χ3v) is 13.7. The van der Waals surface area contributed by atoms with Crippen LogP contribution in [0, 0.1) is 0 Å². The summed E-state index contributed by atoms with van der Waals surface area (Å²) in [6, 6.07) is 0. The minimum absolute atomic E-state index is 0.0928. The van der Waals surface area contributed by atoms with Crippen LogP contribution in [-0.4, -0.2) is 37.2 Å². The molecule has 6 heteroatoms. The Morgan fingerprint density at radius 2 is 0.548 bits per heavy atom. The predicted molar refractivity (Wildman–Crippen MR) is 316 cm³/mol. The van der Waals surface area contributed by atoms with Gasteiger partial charge in [-0.15, -0.1) is 0 Å². The van der Waals surface area contributed by atoms with E-state index in [-0.39, 0.29) is 37.5 Å². The fraction of sp³-hybridized carbons (Fsp3) is 0.776. The van der Waals surface area contributed by atoms with E-state index in [1.54, 1.807) is 0 Å². The van der Waals surface area contributed by atoms with Crippen molar-refractivity contribution in [2.45, 2.75) is 322 Å². The monoisotopic (exact) mass is 1020 g/mol. The lowest BCUT2D eigenvalue weighted by molar-refractivity contribution is -0.167. The highest BCUT2D eigenvalue weighted by Gasteiger charge is 2.19. The summed E-state index contributed by atoms with van der Waals surface area (Å²) < 4.78 is 16.8. The zero-order chi connectivity index (χ0) is 52.9. The van der Waals surface area contributed by atoms with E-state index in [1.807, 2.05) is 0 Å². The fourth-order valence-corrected chi connectivity index (χ4v) is 8.94. The van der Waals surface area contributed by atoms with Crippen LogP contribution in [0.5, 0.6) is 0 Å². The van der Waals surface area contributed by atoms with Gasteiger partial charge >= 0.3 is 17.9 Å². The molecule has 0 aromatic rings. The number of hydrogen-bond acceptors (Lipinski definition) is 6. The maximum absolute atomic E-state index is 12.8. The second kappa shape index (κ2) is 61.4. The third-order valence-electron chi connectivity index (χ3n) is 13.7. The molecule has 73 heavy (non-hydrogen) atoms. The van der Waals surface area contributed by atoms with Crippen molar-refractivity contribution in [1.29, 1.82) is 0 Å². The van der Waals surface area contributed by atoms with E-state index < -0.39 is 6.10 Å². The number of esters is 3. The fourth-order valence-electron chi connectivity index (χ4n) is 8.94. The van der Waals surface area contributed by atoms with Gasteiger partial charge in [0.1, 0.15) is 13.2 Å². The number of ether oxygens (including phenoxy) is 3. The van der Waals surface area contributed by atoms with E-state index >= 15 is 0 Å². The van der Waals surface area contributed by atoms with Gasteiger partial charge in [0.25, 0.3) is 0 Å². The molecule has 0 aliphatic rings. The molecule has 0 aliphatic heterocycles. The summed E-state index contributed by atoms with van der Waals surface area (Å²) in [5, 5.41) is 0. The lowest BCUT2D eigenvalue weighted by Gasteiger charge is -2.18. The minimum Gasteiger partial charge on any atom is -0.462 e. The SMILES string of the molecule is CC/C=C\C/C=C\C/C=C\C/C=C\CCCCC(=O)OC(COC(=O)CCCCCCC/C=C\CCCC)COC(=O)CCCCCCCCCCCCCCCCCCC/C=C\CCCCCCCCCC. The van der Waals surface area contributed by atoms with Crippen molar-refractivity contribution in [3.63, 3.8) is 0 Å². The second-order valence-electron chi connectivity index (χ2n) is 20.9. The van der Waals surface area contributed by atoms with Crippen molar-refractivity contribution in [2.24, 2.45) is 0 Å². The van der Waals surface area contributed by atoms with E-state index in [0.29, 0.717) is 19.3 Å². The van der Waals surface area contributed by atoms with Crippen molar-refractivity contribution in [3.8, 4) is 0 Å². The van der Waals surface area contributed by atoms with Gasteiger partial charge in [-0.1, -0.05) is 267 Å². The molecule has 0 fully saturated rings. The van der Waals surface area contributed by atoms with Crippen LogP contribution in [-0.2, 0) is 28.6 Å². The van der Waals surface area contributed by atoms with Gasteiger partial charge in [-0.2, -0.15) is 0 Å². The van der Waals surface area contributed by atoms with Crippen LogP contribution in [0.15, 0.2) is 72.9 Å². The molecule has 0 spiro atoms. The molecular formula is C67H118O6. The molecule has 0 N–H and O–H groups in total. The number of unbranched alkanes of at least 4 members (excludes halogenated alkanes) is 34. The number of carbonyl (C=O) groups is 3. The summed E-state index contributed by atoms with van der Waals surface area (Å²) >= 11 is 0. The molecule has 1 atom stereocenters. The average molecular weight is 1020 g/mol. The van der Waals surface area contributed by atoms with Crippen LogP contribution in [0.4, 0.5) is 0 Å². The number of rotatable bonds is 57. The largest absolute Gasteiger partial charge is 0.462 e. The van der Waals surface area contributed by atoms with Crippen LogP contribution in [0.1, 0.15) is 316 Å². The van der Waals surface area contributed by atoms with Crippen molar-refractivity contribution in [3.05, 3.63) is 72.9 Å². The van der Waals surface area contributed by atoms with Crippen LogP contribution < -0.4 is 0 Å². The molecule has 0 aliphatic carbocycles. The summed E-state index contributed by atoms with van der Waals surface area (Å²) in [5.41, 5.74) is 0. The Kier molecular flexibility index (Phi) is 58.7. The highest BCUT2D eigenvalue weighted by atomic mass is 16.6. The average Bonchev–Trinajstić information content (AvgIpc) is 3.39. The van der Waals surface area contributed by atoms with Crippen molar-refractivity contribution in [2.75, 3.05) is 13.2 Å². The zero-order valence-corrected chi connectivity index (χ0v) is 48.4. The third kappa shape index (κ3) is 59.6. The Hall–Kier alpha value is -3.15. The number of hydrogen-bond donors (Lipinski definition) is 0. The second-order valence-corrected chi connectivity index (χ2v) is 20.9. The van der Waals surface area contributed by atoms with E-state index in [1.165, 1.54) is 186 Å². The van der Waals surface area contributed by atoms with E-state index in [9.17, 15) is 14.4 Å². The van der Waals surface area contributed by atoms with Crippen LogP contribution in [0.3, 0.4) is 0 Å². The van der Waals surface area contributed by atoms with Crippen molar-refractivity contribution in [1.82, 2.24) is 0 Å². The Bertz CT molecular complexity index is 1360. The molecule has 0 aromatic carbocycles. The molecule has 6 nitrogen and oxygen atoms in total. The zero-order valence-electron chi connectivity index (χ0n) is 48.4. The van der Waals surface area contributed by atoms with Gasteiger partial charge in [0, 0.05) is 19.3 Å². The Labute approximate surface area is 453 Å². The first kappa shape index (κ1) is 69.8. The highest BCUT2D eigenvalue weighted by Crippen LogP contribution is 2.17. The normalized spacial score (nSPS) is 12.5. The smallest absolute Gasteiger partial charge is 0.306 e. The molecule has 0 saturated heterocycles. The molecule has 422 valence electrons. The van der Waals surface area contributed by atoms with Crippen LogP contribution in [0.2, 0.25) is 0 Å². The molecule has 1 unspecified atom stereocenters. The van der Waals surface area contributed by atoms with Gasteiger partial charge in [-0.05, 0) is 103 Å². The van der Waals surface area contributed by atoms with Crippen molar-refractivity contribution < 1.29 is 28.6 Å². The summed E-state index contributed by atoms with van der Waals surface area (Å²) in [4.78, 5) is 38.1. The number of carbonyl (C=O) groups excluding carboxylic acids is 3. The van der Waals surface area contributed by atoms with E-state index in [4.69, 9.17) is 14.2 Å². The van der Waals surface area contributed by atoms with Gasteiger partial charge in [0.15, 0.2) is 6.10 Å². The minimum atomic E-state index is -0.799. The molecule has 0 aromatic heterocycles. The van der Waals surface area contributed by atoms with E-state index in [0.717, 1.165) is 83.5 Å². The molecule has 0 saturated carbocycles. The maximum Gasteiger partial charge on any atom is 0.306 e. The van der Waals surface area contributed by atoms with Gasteiger partial charge < -0.3 is 14.2 Å². The summed E-state index contributed by atoms with van der Waals surface area (Å²) in [7, 11) is 0. The van der Waals surface area contributed by atoms with Crippen LogP contribution >= 0.6 is 0 Å². The lowest BCUT2D eigenvalue weighted by Crippen LogP contribution is -2.30. The first-order valence-corrected chi connectivity index (χ1v) is 31.4. The van der Waals surface area contributed by atoms with Crippen molar-refractivity contribution >= 4 is 17.9 Å². The molecule has 0 bridgehead atoms. The van der Waals surface area contributed by atoms with Gasteiger partial charge in [-0.3, -0.25) is 14.4 Å². The highest BCUT2D eigenvalue weighted by molar-refractivity contribution is 5.71. The molecule has 0 heterocycles. The van der Waals surface area contributed by atoms with Gasteiger partial charge in [0.05, 0.1) is 0 Å². The Balaban J connectivity index is 4.18. The van der Waals surface area contributed by atoms with Crippen LogP contribution in [0.25, 0.3) is 0 Å². The lowest BCUT2D eigenvalue weighted by atomic mass is 10.0. The predicted octanol–water partition coefficient (Wildman–Crippen LogP) is 21.3. The summed E-state index contributed by atoms with van der Waals surface area (Å²) in [6.07, 6.45) is 79.3. The molecule has 0 rings (SSSR count). The number of allylic oxidation sites excluding steroid dienone is 12. The maximum atomic E-state index is 12.8. The summed E-state index contributed by atoms with van der Waals surface area (Å²) in [6.45, 7) is 6.47. The first-order chi connectivity index (χ1) is 36.0. The molecular weight excluding hydrogens is 901 g/mol. The Morgan fingerprint density at radius 3 is 0.918 bits per heavy atom. The molecule has 0 radical (unpaired) electrons. The first-order valence-electron chi connectivity index (χ1n) is 31.4. The topological polar surface area (TPSA) is 78.9 Å². The quantitative estimate of drug-likeness (QED) is 0.0261. The molecule has 0 amide bonds. The van der Waals surface area contributed by atoms with Gasteiger partial charge in [-0.25, -0.2) is 0 Å². The summed E-state index contributed by atoms with van der Waals surface area (Å²) in [5.74, 6) is -0.935. The van der Waals surface area contributed by atoms with Gasteiger partial charge in [0.2, 0.25) is 0 Å². The standard InChI is InChI=1S/C67H118O6/c1-4-7-10-13-16-19-22-24-26-27-28-29-30-31-32-33-34-35-36-37-38-39-41-42-45-48-51-54-57-60-66(69)72-63-64(62-71-65(68)59-56-53-50-47-44-21-18-15-12-9-6-3)73-67(70)61-58-55-52-49-46-43-40-25-23-20-17-14-11-8-5-2/h8,11,15,17-18,20,25,27-28,40,46,49,64H,4-7,9-10,12-14,16,19,21-24,26,29-39,41-45,47-48,50-63H2,1-3H3/b11-8-,18-15-,20-17-,28-27-,40-25-,49-46-.